The van der Waals surface area contributed by atoms with E-state index >= 15 is 0 Å². The molecule has 3 aromatic rings. The lowest BCUT2D eigenvalue weighted by Gasteiger charge is -2.08. The van der Waals surface area contributed by atoms with Crippen LogP contribution in [0.5, 0.6) is 0 Å². The fourth-order valence-corrected chi connectivity index (χ4v) is 4.85. The van der Waals surface area contributed by atoms with Crippen LogP contribution in [0.3, 0.4) is 0 Å². The van der Waals surface area contributed by atoms with Crippen LogP contribution in [0.15, 0.2) is 52.7 Å². The van der Waals surface area contributed by atoms with E-state index in [9.17, 15) is 13.2 Å². The van der Waals surface area contributed by atoms with Crippen LogP contribution in [-0.4, -0.2) is 19.3 Å². The van der Waals surface area contributed by atoms with Crippen LogP contribution in [0.1, 0.15) is 18.1 Å². The number of amides is 1. The molecule has 3 rings (SSSR count). The lowest BCUT2D eigenvalue weighted by molar-refractivity contribution is -0.114. The number of benzene rings is 2. The molecular formula is C19H19N3O3S2. The molecule has 0 saturated heterocycles. The molecule has 140 valence electrons. The highest BCUT2D eigenvalue weighted by Gasteiger charge is 2.18. The van der Waals surface area contributed by atoms with Gasteiger partial charge in [-0.1, -0.05) is 29.8 Å². The molecule has 6 nitrogen and oxygen atoms in total. The molecule has 8 heteroatoms. The van der Waals surface area contributed by atoms with Crippen LogP contribution in [0, 0.1) is 13.8 Å². The molecule has 0 spiro atoms. The van der Waals surface area contributed by atoms with E-state index in [4.69, 9.17) is 0 Å². The van der Waals surface area contributed by atoms with E-state index in [1.807, 2.05) is 25.1 Å². The van der Waals surface area contributed by atoms with Crippen molar-refractivity contribution in [3.63, 3.8) is 0 Å². The lowest BCUT2D eigenvalue weighted by atomic mass is 10.1. The van der Waals surface area contributed by atoms with Gasteiger partial charge in [0.2, 0.25) is 5.91 Å². The quantitative estimate of drug-likeness (QED) is 0.671. The minimum Gasteiger partial charge on any atom is -0.326 e. The Labute approximate surface area is 162 Å². The van der Waals surface area contributed by atoms with Crippen LogP contribution < -0.4 is 10.0 Å². The molecule has 27 heavy (non-hydrogen) atoms. The zero-order valence-corrected chi connectivity index (χ0v) is 16.7. The zero-order valence-electron chi connectivity index (χ0n) is 15.1. The van der Waals surface area contributed by atoms with Gasteiger partial charge in [0.15, 0.2) is 5.13 Å². The molecule has 0 fully saturated rings. The Morgan fingerprint density at radius 2 is 1.78 bits per heavy atom. The monoisotopic (exact) mass is 401 g/mol. The Hall–Kier alpha value is -2.71. The van der Waals surface area contributed by atoms with Crippen molar-refractivity contribution in [2.45, 2.75) is 25.7 Å². The highest BCUT2D eigenvalue weighted by Crippen LogP contribution is 2.28. The van der Waals surface area contributed by atoms with Crippen molar-refractivity contribution in [1.82, 2.24) is 4.98 Å². The minimum atomic E-state index is -3.70. The van der Waals surface area contributed by atoms with Gasteiger partial charge in [0.25, 0.3) is 10.0 Å². The second kappa shape index (κ2) is 7.50. The van der Waals surface area contributed by atoms with Crippen molar-refractivity contribution < 1.29 is 13.2 Å². The number of hydrogen-bond acceptors (Lipinski definition) is 5. The van der Waals surface area contributed by atoms with Gasteiger partial charge in [0.05, 0.1) is 10.6 Å². The van der Waals surface area contributed by atoms with E-state index in [0.29, 0.717) is 22.1 Å². The van der Waals surface area contributed by atoms with Gasteiger partial charge in [0.1, 0.15) is 0 Å². The fraction of sp³-hybridized carbons (Fsp3) is 0.158. The number of thiazole rings is 1. The molecule has 1 heterocycles. The topological polar surface area (TPSA) is 88.2 Å². The largest absolute Gasteiger partial charge is 0.326 e. The first-order valence-corrected chi connectivity index (χ1v) is 10.5. The van der Waals surface area contributed by atoms with Crippen LogP contribution in [0.4, 0.5) is 10.8 Å². The third kappa shape index (κ3) is 4.53. The summed E-state index contributed by atoms with van der Waals surface area (Å²) in [6.07, 6.45) is 0. The predicted molar refractivity (Wildman–Crippen MR) is 109 cm³/mol. The van der Waals surface area contributed by atoms with E-state index < -0.39 is 10.0 Å². The van der Waals surface area contributed by atoms with Crippen molar-refractivity contribution >= 4 is 38.1 Å². The Bertz CT molecular complexity index is 1090. The van der Waals surface area contributed by atoms with Crippen LogP contribution in [-0.2, 0) is 14.8 Å². The van der Waals surface area contributed by atoms with Crippen molar-refractivity contribution in [2.75, 3.05) is 10.0 Å². The summed E-state index contributed by atoms with van der Waals surface area (Å²) in [6.45, 7) is 5.13. The number of carbonyl (C=O) groups is 1. The molecule has 0 radical (unpaired) electrons. The number of anilines is 2. The normalized spacial score (nSPS) is 11.2. The first kappa shape index (κ1) is 19.1. The van der Waals surface area contributed by atoms with Gasteiger partial charge in [-0.15, -0.1) is 11.3 Å². The van der Waals surface area contributed by atoms with Crippen LogP contribution in [0.2, 0.25) is 0 Å². The summed E-state index contributed by atoms with van der Waals surface area (Å²) in [5.41, 5.74) is 3.88. The van der Waals surface area contributed by atoms with E-state index in [2.05, 4.69) is 15.0 Å². The predicted octanol–water partition coefficient (Wildman–Crippen LogP) is 4.19. The van der Waals surface area contributed by atoms with Crippen molar-refractivity contribution in [2.24, 2.45) is 0 Å². The average Bonchev–Trinajstić information content (AvgIpc) is 3.02. The number of hydrogen-bond donors (Lipinski definition) is 2. The van der Waals surface area contributed by atoms with Gasteiger partial charge < -0.3 is 5.32 Å². The molecule has 0 atom stereocenters. The summed E-state index contributed by atoms with van der Waals surface area (Å²) in [5, 5.41) is 4.79. The molecule has 0 aliphatic heterocycles. The molecule has 2 aromatic carbocycles. The standard InChI is InChI=1S/C19H19N3O3S2/c1-12-4-9-18(13(2)10-12)27(24,25)22-19-21-17(11-26-19)15-5-7-16(8-6-15)20-14(3)23/h4-11H,1-3H3,(H,20,23)(H,21,22). The number of nitrogens with zero attached hydrogens (tertiary/aromatic N) is 1. The van der Waals surface area contributed by atoms with E-state index in [1.54, 1.807) is 36.6 Å². The molecule has 2 N–H and O–H groups in total. The SMILES string of the molecule is CC(=O)Nc1ccc(-c2csc(NS(=O)(=O)c3ccc(C)cc3C)n2)cc1. The van der Waals surface area contributed by atoms with Gasteiger partial charge in [0, 0.05) is 23.6 Å². The number of rotatable bonds is 5. The van der Waals surface area contributed by atoms with E-state index in [-0.39, 0.29) is 10.8 Å². The molecule has 0 aliphatic rings. The highest BCUT2D eigenvalue weighted by molar-refractivity contribution is 7.93. The molecule has 0 saturated carbocycles. The van der Waals surface area contributed by atoms with Gasteiger partial charge in [-0.25, -0.2) is 13.4 Å². The highest BCUT2D eigenvalue weighted by atomic mass is 32.2. The summed E-state index contributed by atoms with van der Waals surface area (Å²) in [6, 6.07) is 12.4. The number of carbonyl (C=O) groups excluding carboxylic acids is 1. The van der Waals surface area contributed by atoms with Crippen LogP contribution >= 0.6 is 11.3 Å². The van der Waals surface area contributed by atoms with Gasteiger partial charge in [-0.2, -0.15) is 0 Å². The van der Waals surface area contributed by atoms with Gasteiger partial charge in [-0.3, -0.25) is 9.52 Å². The average molecular weight is 402 g/mol. The van der Waals surface area contributed by atoms with E-state index in [1.165, 1.54) is 18.3 Å². The minimum absolute atomic E-state index is 0.139. The lowest BCUT2D eigenvalue weighted by Crippen LogP contribution is -2.14. The molecule has 1 aromatic heterocycles. The third-order valence-corrected chi connectivity index (χ3v) is 6.23. The van der Waals surface area contributed by atoms with Crippen molar-refractivity contribution in [3.8, 4) is 11.3 Å². The number of sulfonamides is 1. The molecule has 0 bridgehead atoms. The fourth-order valence-electron chi connectivity index (χ4n) is 2.65. The first-order valence-electron chi connectivity index (χ1n) is 8.18. The molecule has 1 amide bonds. The summed E-state index contributed by atoms with van der Waals surface area (Å²) in [7, 11) is -3.70. The molecule has 0 aliphatic carbocycles. The number of aryl methyl sites for hydroxylation is 2. The third-order valence-electron chi connectivity index (χ3n) is 3.85. The van der Waals surface area contributed by atoms with Crippen molar-refractivity contribution in [1.29, 1.82) is 0 Å². The Kier molecular flexibility index (Phi) is 5.29. The van der Waals surface area contributed by atoms with E-state index in [0.717, 1.165) is 11.1 Å². The summed E-state index contributed by atoms with van der Waals surface area (Å²) in [4.78, 5) is 15.7. The second-order valence-electron chi connectivity index (χ2n) is 6.17. The first-order chi connectivity index (χ1) is 12.7. The van der Waals surface area contributed by atoms with Crippen LogP contribution in [0.25, 0.3) is 11.3 Å². The summed E-state index contributed by atoms with van der Waals surface area (Å²) < 4.78 is 27.8. The van der Waals surface area contributed by atoms with Gasteiger partial charge >= 0.3 is 0 Å². The maximum Gasteiger partial charge on any atom is 0.263 e. The molecule has 0 unspecified atom stereocenters. The van der Waals surface area contributed by atoms with Gasteiger partial charge in [-0.05, 0) is 37.6 Å². The smallest absolute Gasteiger partial charge is 0.263 e. The zero-order chi connectivity index (χ0) is 19.6. The maximum atomic E-state index is 12.6. The number of nitrogens with one attached hydrogen (secondary N) is 2. The summed E-state index contributed by atoms with van der Waals surface area (Å²) in [5.74, 6) is -0.139. The van der Waals surface area contributed by atoms with Crippen molar-refractivity contribution in [3.05, 3.63) is 59.0 Å². The Balaban J connectivity index is 1.80. The summed E-state index contributed by atoms with van der Waals surface area (Å²) >= 11 is 1.22. The number of aromatic nitrogens is 1. The molecular weight excluding hydrogens is 382 g/mol. The maximum absolute atomic E-state index is 12.6. The Morgan fingerprint density at radius 3 is 2.41 bits per heavy atom. The Morgan fingerprint density at radius 1 is 1.07 bits per heavy atom. The second-order valence-corrected chi connectivity index (χ2v) is 8.68.